The van der Waals surface area contributed by atoms with Crippen LogP contribution in [0.4, 0.5) is 0 Å². The molecule has 0 saturated heterocycles. The maximum atomic E-state index is 11.9. The molecular weight excluding hydrogens is 426 g/mol. The minimum absolute atomic E-state index is 0.150. The molecule has 33 heavy (non-hydrogen) atoms. The summed E-state index contributed by atoms with van der Waals surface area (Å²) in [5.41, 5.74) is 0.425. The molecule has 1 amide bonds. The van der Waals surface area contributed by atoms with Crippen LogP contribution < -0.4 is 5.32 Å². The second-order valence-electron chi connectivity index (χ2n) is 9.75. The van der Waals surface area contributed by atoms with Gasteiger partial charge in [0.2, 0.25) is 0 Å². The van der Waals surface area contributed by atoms with E-state index >= 15 is 0 Å². The van der Waals surface area contributed by atoms with E-state index in [4.69, 9.17) is 18.9 Å². The monoisotopic (exact) mass is 463 g/mol. The molecule has 0 unspecified atom stereocenters. The highest BCUT2D eigenvalue weighted by atomic mass is 16.6. The molecule has 184 valence electrons. The minimum atomic E-state index is -0.338. The Morgan fingerprint density at radius 3 is 1.94 bits per heavy atom. The summed E-state index contributed by atoms with van der Waals surface area (Å²) in [6.45, 7) is 3.94. The normalized spacial score (nSPS) is 27.7. The zero-order valence-electron chi connectivity index (χ0n) is 19.3. The Kier molecular flexibility index (Phi) is 8.46. The van der Waals surface area contributed by atoms with E-state index < -0.39 is 0 Å². The molecule has 0 aliphatic heterocycles. The minimum Gasteiger partial charge on any atom is -0.504 e. The van der Waals surface area contributed by atoms with Crippen molar-refractivity contribution in [1.82, 2.24) is 5.32 Å². The van der Waals surface area contributed by atoms with Crippen molar-refractivity contribution in [3.05, 3.63) is 23.8 Å². The van der Waals surface area contributed by atoms with E-state index in [1.165, 1.54) is 56.7 Å². The Morgan fingerprint density at radius 1 is 0.818 bits per heavy atom. The zero-order valence-corrected chi connectivity index (χ0v) is 19.3. The van der Waals surface area contributed by atoms with E-state index in [1.54, 1.807) is 0 Å². The van der Waals surface area contributed by atoms with Crippen molar-refractivity contribution in [2.24, 2.45) is 17.8 Å². The first-order valence-electron chi connectivity index (χ1n) is 12.2. The molecule has 4 aliphatic carbocycles. The third-order valence-electron chi connectivity index (χ3n) is 7.13. The largest absolute Gasteiger partial charge is 0.504 e. The summed E-state index contributed by atoms with van der Waals surface area (Å²) in [7, 11) is 0. The topological polar surface area (TPSA) is 106 Å². The fourth-order valence-corrected chi connectivity index (χ4v) is 6.07. The standard InChI is InChI=1S/C25H37NO7/c27-22-2-1-21(14-23(22)28)24(29)26-3-4-30-5-6-31-7-8-32-9-10-33-25-15-18-11-19(16-25)13-20(12-18)17-25/h1-2,14,18-20,27-28H,3-13,15-17H2,(H,26,29). The summed E-state index contributed by atoms with van der Waals surface area (Å²) in [5.74, 6) is 1.78. The van der Waals surface area contributed by atoms with Gasteiger partial charge in [-0.15, -0.1) is 0 Å². The van der Waals surface area contributed by atoms with Crippen molar-refractivity contribution in [2.75, 3.05) is 52.8 Å². The number of benzene rings is 1. The van der Waals surface area contributed by atoms with E-state index in [-0.39, 0.29) is 28.6 Å². The molecule has 3 N–H and O–H groups in total. The van der Waals surface area contributed by atoms with Gasteiger partial charge in [0.05, 0.1) is 51.8 Å². The van der Waals surface area contributed by atoms with Gasteiger partial charge in [0.15, 0.2) is 11.5 Å². The molecule has 0 spiro atoms. The van der Waals surface area contributed by atoms with Crippen LogP contribution in [0, 0.1) is 17.8 Å². The molecule has 8 nitrogen and oxygen atoms in total. The smallest absolute Gasteiger partial charge is 0.251 e. The van der Waals surface area contributed by atoms with Crippen LogP contribution in [0.5, 0.6) is 11.5 Å². The SMILES string of the molecule is O=C(NCCOCCOCCOCCOC12CC3CC(CC(C3)C1)C2)c1ccc(O)c(O)c1. The Balaban J connectivity index is 0.942. The molecule has 1 aromatic rings. The van der Waals surface area contributed by atoms with Crippen molar-refractivity contribution < 1.29 is 34.0 Å². The predicted octanol–water partition coefficient (Wildman–Crippen LogP) is 2.86. The van der Waals surface area contributed by atoms with Crippen molar-refractivity contribution >= 4 is 5.91 Å². The highest BCUT2D eigenvalue weighted by Gasteiger charge is 2.51. The van der Waals surface area contributed by atoms with Crippen LogP contribution >= 0.6 is 0 Å². The Hall–Kier alpha value is -1.87. The molecule has 0 atom stereocenters. The van der Waals surface area contributed by atoms with Gasteiger partial charge in [0.25, 0.3) is 5.91 Å². The number of ether oxygens (including phenoxy) is 4. The van der Waals surface area contributed by atoms with Gasteiger partial charge in [-0.2, -0.15) is 0 Å². The van der Waals surface area contributed by atoms with Crippen molar-refractivity contribution in [1.29, 1.82) is 0 Å². The lowest BCUT2D eigenvalue weighted by molar-refractivity contribution is -0.169. The molecule has 4 bridgehead atoms. The van der Waals surface area contributed by atoms with Crippen molar-refractivity contribution in [3.8, 4) is 11.5 Å². The number of carbonyl (C=O) groups is 1. The molecule has 0 aromatic heterocycles. The number of nitrogens with one attached hydrogen (secondary N) is 1. The van der Waals surface area contributed by atoms with E-state index in [0.29, 0.717) is 52.8 Å². The van der Waals surface area contributed by atoms with Gasteiger partial charge in [-0.05, 0) is 74.5 Å². The fraction of sp³-hybridized carbons (Fsp3) is 0.720. The summed E-state index contributed by atoms with van der Waals surface area (Å²) in [6.07, 6.45) is 8.06. The summed E-state index contributed by atoms with van der Waals surface area (Å²) in [4.78, 5) is 11.9. The lowest BCUT2D eigenvalue weighted by atomic mass is 9.54. The summed E-state index contributed by atoms with van der Waals surface area (Å²) in [5, 5.41) is 21.4. The lowest BCUT2D eigenvalue weighted by Crippen LogP contribution is -2.52. The summed E-state index contributed by atoms with van der Waals surface area (Å²) in [6, 6.07) is 3.94. The van der Waals surface area contributed by atoms with Gasteiger partial charge in [0.1, 0.15) is 0 Å². The zero-order chi connectivity index (χ0) is 23.1. The third-order valence-corrected chi connectivity index (χ3v) is 7.13. The Bertz CT molecular complexity index is 749. The number of hydrogen-bond donors (Lipinski definition) is 3. The molecule has 1 aromatic carbocycles. The van der Waals surface area contributed by atoms with Gasteiger partial charge in [0, 0.05) is 12.1 Å². The van der Waals surface area contributed by atoms with Crippen LogP contribution in [0.2, 0.25) is 0 Å². The molecule has 4 saturated carbocycles. The second kappa shape index (κ2) is 11.5. The van der Waals surface area contributed by atoms with Gasteiger partial charge in [-0.1, -0.05) is 0 Å². The number of rotatable bonds is 14. The van der Waals surface area contributed by atoms with Crippen LogP contribution in [-0.4, -0.2) is 74.5 Å². The average molecular weight is 464 g/mol. The Morgan fingerprint density at radius 2 is 1.36 bits per heavy atom. The third kappa shape index (κ3) is 6.82. The van der Waals surface area contributed by atoms with Gasteiger partial charge >= 0.3 is 0 Å². The first kappa shape index (κ1) is 24.3. The van der Waals surface area contributed by atoms with Crippen LogP contribution in [0.1, 0.15) is 48.9 Å². The number of amides is 1. The first-order valence-corrected chi connectivity index (χ1v) is 12.2. The lowest BCUT2D eigenvalue weighted by Gasteiger charge is -2.56. The number of phenolic OH excluding ortho intramolecular Hbond substituents is 2. The van der Waals surface area contributed by atoms with E-state index in [2.05, 4.69) is 5.32 Å². The van der Waals surface area contributed by atoms with Crippen LogP contribution in [-0.2, 0) is 18.9 Å². The molecule has 5 rings (SSSR count). The van der Waals surface area contributed by atoms with E-state index in [1.807, 2.05) is 0 Å². The maximum Gasteiger partial charge on any atom is 0.251 e. The molecule has 0 radical (unpaired) electrons. The fourth-order valence-electron chi connectivity index (χ4n) is 6.07. The molecule has 0 heterocycles. The number of hydrogen-bond acceptors (Lipinski definition) is 7. The number of carbonyl (C=O) groups excluding carboxylic acids is 1. The van der Waals surface area contributed by atoms with Crippen LogP contribution in [0.25, 0.3) is 0 Å². The highest BCUT2D eigenvalue weighted by molar-refractivity contribution is 5.94. The molecule has 4 aliphatic rings. The van der Waals surface area contributed by atoms with E-state index in [9.17, 15) is 15.0 Å². The maximum absolute atomic E-state index is 11.9. The molecule has 4 fully saturated rings. The molecular formula is C25H37NO7. The predicted molar refractivity (Wildman–Crippen MR) is 121 cm³/mol. The Labute approximate surface area is 195 Å². The van der Waals surface area contributed by atoms with Gasteiger partial charge in [-0.3, -0.25) is 4.79 Å². The second-order valence-corrected chi connectivity index (χ2v) is 9.75. The average Bonchev–Trinajstić information content (AvgIpc) is 2.77. The van der Waals surface area contributed by atoms with Crippen molar-refractivity contribution in [2.45, 2.75) is 44.1 Å². The van der Waals surface area contributed by atoms with Crippen LogP contribution in [0.15, 0.2) is 18.2 Å². The van der Waals surface area contributed by atoms with Crippen molar-refractivity contribution in [3.63, 3.8) is 0 Å². The molecule has 8 heteroatoms. The van der Waals surface area contributed by atoms with Gasteiger partial charge < -0.3 is 34.5 Å². The van der Waals surface area contributed by atoms with E-state index in [0.717, 1.165) is 17.8 Å². The summed E-state index contributed by atoms with van der Waals surface area (Å²) >= 11 is 0. The number of phenols is 2. The van der Waals surface area contributed by atoms with Crippen LogP contribution in [0.3, 0.4) is 0 Å². The number of aromatic hydroxyl groups is 2. The quantitative estimate of drug-likeness (QED) is 0.288. The van der Waals surface area contributed by atoms with Gasteiger partial charge in [-0.25, -0.2) is 0 Å². The first-order chi connectivity index (χ1) is 16.0. The summed E-state index contributed by atoms with van der Waals surface area (Å²) < 4.78 is 22.9. The highest BCUT2D eigenvalue weighted by Crippen LogP contribution is 2.57.